The van der Waals surface area contributed by atoms with Gasteiger partial charge >= 0.3 is 0 Å². The van der Waals surface area contributed by atoms with Gasteiger partial charge < -0.3 is 10.0 Å². The van der Waals surface area contributed by atoms with Gasteiger partial charge in [0, 0.05) is 11.4 Å². The number of aryl methyl sites for hydroxylation is 2. The van der Waals surface area contributed by atoms with Crippen LogP contribution >= 0.6 is 0 Å². The molecule has 4 heteroatoms. The lowest BCUT2D eigenvalue weighted by atomic mass is 9.91. The number of β-amino-alcohol motifs (C(OH)–C–C–N with tert-alkyl or cyclic N) is 1. The van der Waals surface area contributed by atoms with Gasteiger partial charge in [-0.25, -0.2) is 0 Å². The summed E-state index contributed by atoms with van der Waals surface area (Å²) in [5, 5.41) is 9.81. The normalized spacial score (nSPS) is 24.9. The van der Waals surface area contributed by atoms with E-state index in [1.54, 1.807) is 0 Å². The summed E-state index contributed by atoms with van der Waals surface area (Å²) in [6.45, 7) is 0.460. The van der Waals surface area contributed by atoms with Crippen LogP contribution in [0.1, 0.15) is 48.2 Å². The summed E-state index contributed by atoms with van der Waals surface area (Å²) in [4.78, 5) is 18.9. The van der Waals surface area contributed by atoms with E-state index in [4.69, 9.17) is 4.98 Å². The van der Waals surface area contributed by atoms with Crippen molar-refractivity contribution in [2.45, 2.75) is 57.5 Å². The number of pyridine rings is 1. The van der Waals surface area contributed by atoms with E-state index in [9.17, 15) is 9.90 Å². The highest BCUT2D eigenvalue weighted by Crippen LogP contribution is 2.39. The number of carbonyl (C=O) groups excluding carboxylic acids is 1. The number of carbonyl (C=O) groups is 1. The quantitative estimate of drug-likeness (QED) is 0.844. The molecule has 0 aromatic carbocycles. The number of anilines is 1. The van der Waals surface area contributed by atoms with Gasteiger partial charge in [0.15, 0.2) is 0 Å². The van der Waals surface area contributed by atoms with Gasteiger partial charge in [-0.2, -0.15) is 0 Å². The maximum atomic E-state index is 12.2. The first-order chi connectivity index (χ1) is 9.74. The van der Waals surface area contributed by atoms with Crippen molar-refractivity contribution in [2.24, 2.45) is 0 Å². The molecule has 1 N–H and O–H groups in total. The maximum absolute atomic E-state index is 12.2. The van der Waals surface area contributed by atoms with Crippen LogP contribution in [0.5, 0.6) is 0 Å². The Morgan fingerprint density at radius 1 is 1.00 bits per heavy atom. The molecule has 0 spiro atoms. The highest BCUT2D eigenvalue weighted by atomic mass is 16.3. The molecule has 1 fully saturated rings. The van der Waals surface area contributed by atoms with Gasteiger partial charge in [-0.15, -0.1) is 0 Å². The van der Waals surface area contributed by atoms with Crippen LogP contribution in [0.2, 0.25) is 0 Å². The van der Waals surface area contributed by atoms with Gasteiger partial charge in [-0.1, -0.05) is 0 Å². The molecule has 106 valence electrons. The van der Waals surface area contributed by atoms with Gasteiger partial charge in [-0.05, 0) is 56.1 Å². The lowest BCUT2D eigenvalue weighted by Crippen LogP contribution is -2.29. The van der Waals surface area contributed by atoms with Gasteiger partial charge in [0.1, 0.15) is 0 Å². The number of aliphatic hydroxyl groups excluding tert-OH is 1. The van der Waals surface area contributed by atoms with Crippen LogP contribution in [0.25, 0.3) is 0 Å². The molecule has 0 radical (unpaired) electrons. The summed E-state index contributed by atoms with van der Waals surface area (Å²) < 4.78 is 0. The Morgan fingerprint density at radius 3 is 2.35 bits per heavy atom. The molecule has 2 heterocycles. The minimum absolute atomic E-state index is 0.0746. The molecule has 1 unspecified atom stereocenters. The summed E-state index contributed by atoms with van der Waals surface area (Å²) >= 11 is 0. The molecule has 4 rings (SSSR count). The Kier molecular flexibility index (Phi) is 2.81. The maximum Gasteiger partial charge on any atom is 0.229 e. The molecule has 1 saturated heterocycles. The highest BCUT2D eigenvalue weighted by molar-refractivity contribution is 5.98. The average Bonchev–Trinajstić information content (AvgIpc) is 3.02. The third kappa shape index (κ3) is 1.78. The number of fused-ring (bicyclic) bond motifs is 2. The smallest absolute Gasteiger partial charge is 0.229 e. The lowest BCUT2D eigenvalue weighted by Gasteiger charge is -2.27. The van der Waals surface area contributed by atoms with Crippen molar-refractivity contribution in [3.63, 3.8) is 0 Å². The Bertz CT molecular complexity index is 582. The van der Waals surface area contributed by atoms with E-state index in [1.165, 1.54) is 35.4 Å². The molecule has 0 saturated carbocycles. The minimum Gasteiger partial charge on any atom is -0.391 e. The summed E-state index contributed by atoms with van der Waals surface area (Å²) in [6.07, 6.45) is 7.44. The fraction of sp³-hybridized carbons (Fsp3) is 0.625. The van der Waals surface area contributed by atoms with Crippen molar-refractivity contribution in [3.8, 4) is 0 Å². The van der Waals surface area contributed by atoms with Crippen molar-refractivity contribution >= 4 is 11.6 Å². The topological polar surface area (TPSA) is 53.4 Å². The second kappa shape index (κ2) is 4.55. The first-order valence-electron chi connectivity index (χ1n) is 7.76. The molecule has 1 amide bonds. The van der Waals surface area contributed by atoms with E-state index < -0.39 is 6.10 Å². The Morgan fingerprint density at radius 2 is 1.65 bits per heavy atom. The van der Waals surface area contributed by atoms with Gasteiger partial charge in [0.2, 0.25) is 5.91 Å². The summed E-state index contributed by atoms with van der Waals surface area (Å²) in [7, 11) is 0. The molecular weight excluding hydrogens is 252 g/mol. The molecule has 20 heavy (non-hydrogen) atoms. The number of aliphatic hydroxyl groups is 1. The molecule has 3 aliphatic rings. The standard InChI is InChI=1S/C16H20N2O2/c19-10-8-15(20)18(9-10)16-11-4-1-2-6-13(11)17-14-7-3-5-12(14)16/h10,19H,1-9H2. The molecule has 4 nitrogen and oxygen atoms in total. The number of amides is 1. The fourth-order valence-electron chi connectivity index (χ4n) is 3.95. The molecule has 1 aromatic heterocycles. The van der Waals surface area contributed by atoms with Crippen molar-refractivity contribution in [2.75, 3.05) is 11.4 Å². The molecule has 1 aliphatic heterocycles. The Balaban J connectivity index is 1.89. The van der Waals surface area contributed by atoms with Gasteiger partial charge in [-0.3, -0.25) is 9.78 Å². The Labute approximate surface area is 118 Å². The summed E-state index contributed by atoms with van der Waals surface area (Å²) in [6, 6.07) is 0. The zero-order chi connectivity index (χ0) is 13.7. The molecule has 0 bridgehead atoms. The van der Waals surface area contributed by atoms with Gasteiger partial charge in [0.25, 0.3) is 0 Å². The van der Waals surface area contributed by atoms with E-state index in [0.29, 0.717) is 6.54 Å². The number of hydrogen-bond acceptors (Lipinski definition) is 3. The first kappa shape index (κ1) is 12.3. The van der Waals surface area contributed by atoms with Gasteiger partial charge in [0.05, 0.1) is 24.8 Å². The molecule has 2 aliphatic carbocycles. The van der Waals surface area contributed by atoms with Crippen LogP contribution in [0.4, 0.5) is 5.69 Å². The predicted octanol–water partition coefficient (Wildman–Crippen LogP) is 1.55. The third-order valence-corrected chi connectivity index (χ3v) is 4.84. The minimum atomic E-state index is -0.507. The monoisotopic (exact) mass is 272 g/mol. The molecule has 1 aromatic rings. The van der Waals surface area contributed by atoms with Crippen LogP contribution < -0.4 is 4.90 Å². The summed E-state index contributed by atoms with van der Waals surface area (Å²) in [5.41, 5.74) is 6.12. The summed E-state index contributed by atoms with van der Waals surface area (Å²) in [5.74, 6) is 0.0746. The second-order valence-electron chi connectivity index (χ2n) is 6.23. The number of nitrogens with zero attached hydrogens (tertiary/aromatic N) is 2. The van der Waals surface area contributed by atoms with Crippen molar-refractivity contribution in [3.05, 3.63) is 22.5 Å². The first-order valence-corrected chi connectivity index (χ1v) is 7.76. The van der Waals surface area contributed by atoms with E-state index in [1.807, 2.05) is 4.90 Å². The number of hydrogen-bond donors (Lipinski definition) is 1. The highest BCUT2D eigenvalue weighted by Gasteiger charge is 2.35. The SMILES string of the molecule is O=C1CC(O)CN1c1c2c(nc3c1CCC3)CCCC2. The average molecular weight is 272 g/mol. The van der Waals surface area contributed by atoms with Crippen molar-refractivity contribution in [1.82, 2.24) is 4.98 Å². The van der Waals surface area contributed by atoms with E-state index >= 15 is 0 Å². The Hall–Kier alpha value is -1.42. The fourth-order valence-corrected chi connectivity index (χ4v) is 3.95. The molecule has 1 atom stereocenters. The van der Waals surface area contributed by atoms with Crippen molar-refractivity contribution < 1.29 is 9.90 Å². The zero-order valence-corrected chi connectivity index (χ0v) is 11.7. The van der Waals surface area contributed by atoms with Crippen LogP contribution in [-0.2, 0) is 30.5 Å². The zero-order valence-electron chi connectivity index (χ0n) is 11.7. The lowest BCUT2D eigenvalue weighted by molar-refractivity contribution is -0.117. The van der Waals surface area contributed by atoms with Crippen LogP contribution in [0.3, 0.4) is 0 Å². The predicted molar refractivity (Wildman–Crippen MR) is 75.9 cm³/mol. The van der Waals surface area contributed by atoms with Crippen LogP contribution in [0.15, 0.2) is 0 Å². The van der Waals surface area contributed by atoms with Crippen molar-refractivity contribution in [1.29, 1.82) is 0 Å². The molecular formula is C16H20N2O2. The largest absolute Gasteiger partial charge is 0.391 e. The van der Waals surface area contributed by atoms with Crippen LogP contribution in [0, 0.1) is 0 Å². The third-order valence-electron chi connectivity index (χ3n) is 4.84. The van der Waals surface area contributed by atoms with E-state index in [-0.39, 0.29) is 12.3 Å². The number of rotatable bonds is 1. The van der Waals surface area contributed by atoms with E-state index in [0.717, 1.165) is 37.8 Å². The van der Waals surface area contributed by atoms with Crippen LogP contribution in [-0.4, -0.2) is 28.6 Å². The number of aromatic nitrogens is 1. The second-order valence-corrected chi connectivity index (χ2v) is 6.23. The van der Waals surface area contributed by atoms with E-state index in [2.05, 4.69) is 0 Å².